The summed E-state index contributed by atoms with van der Waals surface area (Å²) in [5, 5.41) is 12.2. The van der Waals surface area contributed by atoms with Gasteiger partial charge < -0.3 is 10.1 Å². The van der Waals surface area contributed by atoms with E-state index in [4.69, 9.17) is 11.2 Å². The molecule has 6 heteroatoms. The molecule has 0 heterocycles. The van der Waals surface area contributed by atoms with E-state index in [9.17, 15) is 10.1 Å². The molecule has 1 N–H and O–H groups in total. The van der Waals surface area contributed by atoms with Crippen molar-refractivity contribution in [2.75, 3.05) is 11.9 Å². The number of para-hydroxylation sites is 1. The van der Waals surface area contributed by atoms with Crippen LogP contribution in [0.25, 0.3) is 6.08 Å². The Hall–Kier alpha value is -2.04. The number of nitriles is 1. The predicted octanol–water partition coefficient (Wildman–Crippen LogP) is 4.76. The third-order valence-electron chi connectivity index (χ3n) is 3.39. The number of carbonyl (C=O) groups excluding carboxylic acids is 1. The van der Waals surface area contributed by atoms with Gasteiger partial charge in [0.15, 0.2) is 0 Å². The molecule has 0 aliphatic carbocycles. The second-order valence-corrected chi connectivity index (χ2v) is 7.57. The van der Waals surface area contributed by atoms with Crippen LogP contribution in [0.5, 0.6) is 5.75 Å². The van der Waals surface area contributed by atoms with Crippen molar-refractivity contribution in [3.05, 3.63) is 60.2 Å². The summed E-state index contributed by atoms with van der Waals surface area (Å²) in [6.07, 6.45) is 6.79. The quantitative estimate of drug-likeness (QED) is 0.245. The van der Waals surface area contributed by atoms with Crippen LogP contribution < -0.4 is 10.1 Å². The van der Waals surface area contributed by atoms with Gasteiger partial charge in [-0.1, -0.05) is 24.1 Å². The lowest BCUT2D eigenvalue weighted by atomic mass is 10.1. The van der Waals surface area contributed by atoms with Crippen LogP contribution in [0.4, 0.5) is 5.69 Å². The number of aryl methyl sites for hydroxylation is 1. The number of nitrogens with zero attached hydrogens (tertiary/aromatic N) is 1. The van der Waals surface area contributed by atoms with E-state index in [1.807, 2.05) is 43.3 Å². The first-order valence-corrected chi connectivity index (χ1v) is 9.66. The van der Waals surface area contributed by atoms with Crippen LogP contribution in [0.15, 0.2) is 42.0 Å². The highest BCUT2D eigenvalue weighted by molar-refractivity contribution is 14.1. The molecule has 26 heavy (non-hydrogen) atoms. The Morgan fingerprint density at radius 3 is 2.54 bits per heavy atom. The fourth-order valence-electron chi connectivity index (χ4n) is 2.13. The fraction of sp³-hybridized carbons (Fsp3) is 0.100. The maximum absolute atomic E-state index is 12.4. The molecule has 0 aliphatic rings. The van der Waals surface area contributed by atoms with E-state index in [1.54, 1.807) is 12.1 Å². The number of carbonyl (C=O) groups is 1. The van der Waals surface area contributed by atoms with Crippen LogP contribution in [-0.4, -0.2) is 12.5 Å². The van der Waals surface area contributed by atoms with Crippen molar-refractivity contribution in [1.29, 1.82) is 5.26 Å². The molecular weight excluding hydrogens is 554 g/mol. The lowest BCUT2D eigenvalue weighted by molar-refractivity contribution is -0.112. The van der Waals surface area contributed by atoms with Crippen molar-refractivity contribution in [1.82, 2.24) is 0 Å². The van der Waals surface area contributed by atoms with Crippen molar-refractivity contribution >= 4 is 62.9 Å². The molecular formula is C20H14I2N2O2. The zero-order valence-electron chi connectivity index (χ0n) is 13.8. The fourth-order valence-corrected chi connectivity index (χ4v) is 4.26. The van der Waals surface area contributed by atoms with E-state index in [0.29, 0.717) is 11.4 Å². The number of anilines is 1. The van der Waals surface area contributed by atoms with Crippen LogP contribution in [0, 0.1) is 37.7 Å². The van der Waals surface area contributed by atoms with Crippen molar-refractivity contribution in [3.8, 4) is 24.2 Å². The molecule has 0 atom stereocenters. The van der Waals surface area contributed by atoms with Gasteiger partial charge >= 0.3 is 0 Å². The Bertz CT molecular complexity index is 930. The van der Waals surface area contributed by atoms with Gasteiger partial charge in [-0.25, -0.2) is 0 Å². The average Bonchev–Trinajstić information content (AvgIpc) is 2.61. The van der Waals surface area contributed by atoms with Crippen LogP contribution in [0.1, 0.15) is 11.1 Å². The molecule has 4 nitrogen and oxygen atoms in total. The molecule has 0 saturated carbocycles. The Morgan fingerprint density at radius 2 is 1.96 bits per heavy atom. The first-order chi connectivity index (χ1) is 12.5. The zero-order chi connectivity index (χ0) is 19.1. The molecule has 0 aliphatic heterocycles. The van der Waals surface area contributed by atoms with Crippen molar-refractivity contribution in [3.63, 3.8) is 0 Å². The molecule has 2 aromatic rings. The Balaban J connectivity index is 2.28. The summed E-state index contributed by atoms with van der Waals surface area (Å²) in [4.78, 5) is 12.4. The number of nitrogens with one attached hydrogen (secondary N) is 1. The average molecular weight is 568 g/mol. The van der Waals surface area contributed by atoms with E-state index in [0.717, 1.165) is 18.3 Å². The van der Waals surface area contributed by atoms with Crippen LogP contribution in [0.2, 0.25) is 0 Å². The largest absolute Gasteiger partial charge is 0.479 e. The van der Waals surface area contributed by atoms with Gasteiger partial charge in [0.1, 0.15) is 24.0 Å². The molecule has 0 radical (unpaired) electrons. The lowest BCUT2D eigenvalue weighted by Crippen LogP contribution is -2.14. The topological polar surface area (TPSA) is 62.1 Å². The van der Waals surface area contributed by atoms with Crippen molar-refractivity contribution in [2.24, 2.45) is 0 Å². The number of benzene rings is 2. The van der Waals surface area contributed by atoms with Crippen molar-refractivity contribution in [2.45, 2.75) is 6.92 Å². The van der Waals surface area contributed by atoms with Gasteiger partial charge in [0.2, 0.25) is 0 Å². The number of halogens is 2. The van der Waals surface area contributed by atoms with Crippen molar-refractivity contribution < 1.29 is 9.53 Å². The second-order valence-electron chi connectivity index (χ2n) is 5.25. The third-order valence-corrected chi connectivity index (χ3v) is 4.99. The van der Waals surface area contributed by atoms with Gasteiger partial charge in [0.25, 0.3) is 5.91 Å². The highest BCUT2D eigenvalue weighted by atomic mass is 127. The Morgan fingerprint density at radius 1 is 1.31 bits per heavy atom. The molecule has 130 valence electrons. The minimum atomic E-state index is -0.445. The summed E-state index contributed by atoms with van der Waals surface area (Å²) in [5.74, 6) is 2.69. The van der Waals surface area contributed by atoms with Gasteiger partial charge in [-0.2, -0.15) is 5.26 Å². The van der Waals surface area contributed by atoms with E-state index < -0.39 is 5.91 Å². The smallest absolute Gasteiger partial charge is 0.266 e. The molecule has 0 spiro atoms. The number of amides is 1. The highest BCUT2D eigenvalue weighted by Crippen LogP contribution is 2.30. The van der Waals surface area contributed by atoms with E-state index in [1.165, 1.54) is 0 Å². The summed E-state index contributed by atoms with van der Waals surface area (Å²) >= 11 is 4.28. The molecule has 0 fully saturated rings. The number of ether oxygens (including phenoxy) is 1. The minimum Gasteiger partial charge on any atom is -0.479 e. The summed E-state index contributed by atoms with van der Waals surface area (Å²) in [7, 11) is 0. The van der Waals surface area contributed by atoms with Gasteiger partial charge in [-0.05, 0) is 87.5 Å². The zero-order valence-corrected chi connectivity index (χ0v) is 18.2. The molecule has 1 amide bonds. The van der Waals surface area contributed by atoms with E-state index in [-0.39, 0.29) is 12.2 Å². The standard InChI is InChI=1S/C20H14I2N2O2/c1-3-8-26-19-16(21)10-14(11-17(19)22)9-15(12-23)20(25)24-18-7-5-4-6-13(18)2/h1,4-7,9-11H,8H2,2H3,(H,24,25)/b15-9-. The van der Waals surface area contributed by atoms with Gasteiger partial charge in [0.05, 0.1) is 7.14 Å². The molecule has 0 saturated heterocycles. The maximum Gasteiger partial charge on any atom is 0.266 e. The summed E-state index contributed by atoms with van der Waals surface area (Å²) in [5.41, 5.74) is 2.37. The van der Waals surface area contributed by atoms with Gasteiger partial charge in [-0.15, -0.1) is 6.42 Å². The van der Waals surface area contributed by atoms with Crippen LogP contribution in [0.3, 0.4) is 0 Å². The third kappa shape index (κ3) is 5.23. The summed E-state index contributed by atoms with van der Waals surface area (Å²) < 4.78 is 7.24. The molecule has 0 aromatic heterocycles. The predicted molar refractivity (Wildman–Crippen MR) is 120 cm³/mol. The first-order valence-electron chi connectivity index (χ1n) is 7.50. The minimum absolute atomic E-state index is 0.0251. The van der Waals surface area contributed by atoms with Gasteiger partial charge in [-0.3, -0.25) is 4.79 Å². The van der Waals surface area contributed by atoms with Gasteiger partial charge in [0, 0.05) is 5.69 Å². The van der Waals surface area contributed by atoms with Crippen LogP contribution in [-0.2, 0) is 4.79 Å². The SMILES string of the molecule is C#CCOc1c(I)cc(/C=C(/C#N)C(=O)Nc2ccccc2C)cc1I. The number of hydrogen-bond donors (Lipinski definition) is 1. The maximum atomic E-state index is 12.4. The van der Waals surface area contributed by atoms with E-state index >= 15 is 0 Å². The van der Waals surface area contributed by atoms with E-state index in [2.05, 4.69) is 56.4 Å². The summed E-state index contributed by atoms with van der Waals surface area (Å²) in [6.45, 7) is 2.08. The monoisotopic (exact) mass is 568 g/mol. The molecule has 0 bridgehead atoms. The lowest BCUT2D eigenvalue weighted by Gasteiger charge is -2.10. The number of terminal acetylenes is 1. The second kappa shape index (κ2) is 9.60. The molecule has 2 aromatic carbocycles. The van der Waals surface area contributed by atoms with Crippen LogP contribution >= 0.6 is 45.2 Å². The number of rotatable bonds is 5. The molecule has 0 unspecified atom stereocenters. The normalized spacial score (nSPS) is 10.6. The Kier molecular flexibility index (Phi) is 7.49. The number of hydrogen-bond acceptors (Lipinski definition) is 3. The highest BCUT2D eigenvalue weighted by Gasteiger charge is 2.13. The summed E-state index contributed by atoms with van der Waals surface area (Å²) in [6, 6.07) is 13.1. The molecule has 2 rings (SSSR count). The first kappa shape index (κ1) is 20.3. The Labute approximate surface area is 179 Å².